The van der Waals surface area contributed by atoms with Crippen LogP contribution < -0.4 is 15.4 Å². The molecule has 1 aliphatic heterocycles. The maximum Gasteiger partial charge on any atom is 0.270 e. The van der Waals surface area contributed by atoms with Gasteiger partial charge in [-0.1, -0.05) is 18.2 Å². The number of nitrogens with zero attached hydrogens (tertiary/aromatic N) is 1. The first-order chi connectivity index (χ1) is 11.9. The van der Waals surface area contributed by atoms with Crippen molar-refractivity contribution in [3.63, 3.8) is 0 Å². The second kappa shape index (κ2) is 5.32. The fourth-order valence-electron chi connectivity index (χ4n) is 3.33. The third kappa shape index (κ3) is 2.29. The van der Waals surface area contributed by atoms with E-state index in [-0.39, 0.29) is 21.7 Å². The number of aromatic nitrogens is 2. The highest BCUT2D eigenvalue weighted by Gasteiger charge is 2.36. The minimum absolute atomic E-state index is 0.0142. The van der Waals surface area contributed by atoms with Crippen molar-refractivity contribution < 1.29 is 8.42 Å². The molecular weight excluding hydrogens is 342 g/mol. The lowest BCUT2D eigenvalue weighted by Gasteiger charge is -2.24. The molecule has 3 aromatic rings. The molecule has 128 valence electrons. The molecule has 0 spiro atoms. The summed E-state index contributed by atoms with van der Waals surface area (Å²) in [6.07, 6.45) is 0.628. The minimum atomic E-state index is -3.85. The number of hydrogen-bond donors (Lipinski definition) is 2. The molecule has 25 heavy (non-hydrogen) atoms. The van der Waals surface area contributed by atoms with E-state index in [1.165, 1.54) is 22.5 Å². The Morgan fingerprint density at radius 3 is 2.44 bits per heavy atom. The van der Waals surface area contributed by atoms with Crippen LogP contribution in [0.1, 0.15) is 12.5 Å². The molecule has 0 amide bonds. The van der Waals surface area contributed by atoms with Crippen molar-refractivity contribution in [2.24, 2.45) is 0 Å². The average molecular weight is 357 g/mol. The molecule has 0 unspecified atom stereocenters. The smallest absolute Gasteiger partial charge is 0.267 e. The van der Waals surface area contributed by atoms with Gasteiger partial charge in [0.05, 0.1) is 21.4 Å². The van der Waals surface area contributed by atoms with Crippen molar-refractivity contribution in [3.05, 3.63) is 68.7 Å². The van der Waals surface area contributed by atoms with E-state index in [1.54, 1.807) is 12.1 Å². The number of rotatable bonds is 2. The fourth-order valence-corrected chi connectivity index (χ4v) is 5.05. The highest BCUT2D eigenvalue weighted by Crippen LogP contribution is 2.36. The van der Waals surface area contributed by atoms with E-state index in [2.05, 4.69) is 10.2 Å². The van der Waals surface area contributed by atoms with E-state index in [9.17, 15) is 18.0 Å². The maximum atomic E-state index is 13.2. The average Bonchev–Trinajstić information content (AvgIpc) is 2.94. The summed E-state index contributed by atoms with van der Waals surface area (Å²) in [4.78, 5) is 23.7. The number of H-pyrrole nitrogens is 2. The number of anilines is 1. The summed E-state index contributed by atoms with van der Waals surface area (Å²) in [5, 5.41) is 4.63. The number of benzene rings is 2. The number of hydrogen-bond acceptors (Lipinski definition) is 4. The largest absolute Gasteiger partial charge is 0.270 e. The third-order valence-corrected chi connectivity index (χ3v) is 6.40. The van der Waals surface area contributed by atoms with Crippen LogP contribution in [0.25, 0.3) is 10.8 Å². The van der Waals surface area contributed by atoms with E-state index >= 15 is 0 Å². The van der Waals surface area contributed by atoms with Crippen LogP contribution in [0.4, 0.5) is 5.69 Å². The van der Waals surface area contributed by atoms with Gasteiger partial charge in [0.2, 0.25) is 0 Å². The van der Waals surface area contributed by atoms with Crippen molar-refractivity contribution in [3.8, 4) is 0 Å². The quantitative estimate of drug-likeness (QED) is 0.723. The molecule has 2 N–H and O–H groups in total. The third-order valence-electron chi connectivity index (χ3n) is 4.47. The van der Waals surface area contributed by atoms with E-state index in [4.69, 9.17) is 0 Å². The van der Waals surface area contributed by atoms with Crippen molar-refractivity contribution in [1.29, 1.82) is 0 Å². The number of para-hydroxylation sites is 1. The molecule has 1 aliphatic rings. The molecule has 1 atom stereocenters. The monoisotopic (exact) mass is 357 g/mol. The summed E-state index contributed by atoms with van der Waals surface area (Å²) < 4.78 is 27.7. The summed E-state index contributed by atoms with van der Waals surface area (Å²) in [7, 11) is -3.85. The van der Waals surface area contributed by atoms with Crippen LogP contribution in [-0.4, -0.2) is 24.7 Å². The summed E-state index contributed by atoms with van der Waals surface area (Å²) in [5.74, 6) is 0. The highest BCUT2D eigenvalue weighted by molar-refractivity contribution is 7.92. The van der Waals surface area contributed by atoms with Crippen LogP contribution in [0.2, 0.25) is 0 Å². The van der Waals surface area contributed by atoms with E-state index < -0.39 is 21.1 Å². The zero-order chi connectivity index (χ0) is 17.8. The lowest BCUT2D eigenvalue weighted by atomic mass is 10.1. The van der Waals surface area contributed by atoms with Crippen LogP contribution in [-0.2, 0) is 16.4 Å². The topological polar surface area (TPSA) is 103 Å². The van der Waals surface area contributed by atoms with Crippen LogP contribution in [0.3, 0.4) is 0 Å². The number of sulfonamides is 1. The SMILES string of the molecule is C[C@@H]1Cc2ccccc2N1S(=O)(=O)c1ccc2c(=O)[nH][nH]c(=O)c2c1. The van der Waals surface area contributed by atoms with Gasteiger partial charge in [-0.2, -0.15) is 0 Å². The molecule has 8 heteroatoms. The van der Waals surface area contributed by atoms with E-state index in [1.807, 2.05) is 19.1 Å². The number of fused-ring (bicyclic) bond motifs is 2. The predicted molar refractivity (Wildman–Crippen MR) is 94.5 cm³/mol. The molecule has 0 fully saturated rings. The molecule has 0 aliphatic carbocycles. The molecule has 7 nitrogen and oxygen atoms in total. The summed E-state index contributed by atoms with van der Waals surface area (Å²) in [6.45, 7) is 1.84. The van der Waals surface area contributed by atoms with Crippen LogP contribution in [0, 0.1) is 0 Å². The van der Waals surface area contributed by atoms with Gasteiger partial charge >= 0.3 is 0 Å². The van der Waals surface area contributed by atoms with Crippen molar-refractivity contribution in [2.45, 2.75) is 24.3 Å². The van der Waals surface area contributed by atoms with Gasteiger partial charge < -0.3 is 0 Å². The van der Waals surface area contributed by atoms with Gasteiger partial charge in [0.15, 0.2) is 0 Å². The Labute approximate surface area is 143 Å². The molecule has 0 bridgehead atoms. The first kappa shape index (κ1) is 15.6. The van der Waals surface area contributed by atoms with Crippen LogP contribution in [0.15, 0.2) is 56.9 Å². The second-order valence-corrected chi connectivity index (χ2v) is 7.91. The fraction of sp³-hybridized carbons (Fsp3) is 0.176. The highest BCUT2D eigenvalue weighted by atomic mass is 32.2. The molecule has 0 saturated heterocycles. The Bertz CT molecular complexity index is 1210. The molecule has 1 aromatic heterocycles. The van der Waals surface area contributed by atoms with Gasteiger partial charge in [-0.3, -0.25) is 24.1 Å². The Morgan fingerprint density at radius 2 is 1.68 bits per heavy atom. The molecule has 0 saturated carbocycles. The first-order valence-electron chi connectivity index (χ1n) is 7.76. The normalized spacial score (nSPS) is 17.0. The van der Waals surface area contributed by atoms with Crippen LogP contribution >= 0.6 is 0 Å². The molecule has 2 aromatic carbocycles. The lowest BCUT2D eigenvalue weighted by Crippen LogP contribution is -2.35. The molecular formula is C17H15N3O4S. The maximum absolute atomic E-state index is 13.2. The summed E-state index contributed by atoms with van der Waals surface area (Å²) in [5.41, 5.74) is 0.600. The van der Waals surface area contributed by atoms with Gasteiger partial charge in [-0.25, -0.2) is 8.42 Å². The van der Waals surface area contributed by atoms with Crippen LogP contribution in [0.5, 0.6) is 0 Å². The minimum Gasteiger partial charge on any atom is -0.267 e. The molecule has 0 radical (unpaired) electrons. The van der Waals surface area contributed by atoms with Gasteiger partial charge in [0, 0.05) is 6.04 Å². The zero-order valence-corrected chi connectivity index (χ0v) is 14.1. The number of nitrogens with one attached hydrogen (secondary N) is 2. The van der Waals surface area contributed by atoms with Gasteiger partial charge in [0.25, 0.3) is 21.1 Å². The van der Waals surface area contributed by atoms with Gasteiger partial charge in [0.1, 0.15) is 0 Å². The Hall–Kier alpha value is -2.87. The van der Waals surface area contributed by atoms with Crippen molar-refractivity contribution in [2.75, 3.05) is 4.31 Å². The lowest BCUT2D eigenvalue weighted by molar-refractivity contribution is 0.584. The van der Waals surface area contributed by atoms with Gasteiger partial charge in [-0.15, -0.1) is 0 Å². The Kier molecular flexibility index (Phi) is 3.33. The Morgan fingerprint density at radius 1 is 1.00 bits per heavy atom. The first-order valence-corrected chi connectivity index (χ1v) is 9.20. The zero-order valence-electron chi connectivity index (χ0n) is 13.3. The summed E-state index contributed by atoms with van der Waals surface area (Å²) in [6, 6.07) is 11.1. The Balaban J connectivity index is 1.92. The van der Waals surface area contributed by atoms with E-state index in [0.29, 0.717) is 12.1 Å². The second-order valence-electron chi connectivity index (χ2n) is 6.10. The predicted octanol–water partition coefficient (Wildman–Crippen LogP) is 1.36. The van der Waals surface area contributed by atoms with Crippen molar-refractivity contribution in [1.82, 2.24) is 10.2 Å². The molecule has 4 rings (SSSR count). The molecule has 2 heterocycles. The van der Waals surface area contributed by atoms with Crippen molar-refractivity contribution >= 4 is 26.5 Å². The standard InChI is InChI=1S/C17H15N3O4S/c1-10-8-11-4-2-3-5-15(11)20(10)25(23,24)12-6-7-13-14(9-12)17(22)19-18-16(13)21/h2-7,9-10H,8H2,1H3,(H,18,21)(H,19,22)/t10-/m1/s1. The summed E-state index contributed by atoms with van der Waals surface area (Å²) >= 11 is 0. The van der Waals surface area contributed by atoms with Gasteiger partial charge in [-0.05, 0) is 43.2 Å². The number of aromatic amines is 2. The van der Waals surface area contributed by atoms with E-state index in [0.717, 1.165) is 5.56 Å².